The molecule has 8 nitrogen and oxygen atoms in total. The summed E-state index contributed by atoms with van der Waals surface area (Å²) >= 11 is 0. The van der Waals surface area contributed by atoms with Crippen molar-refractivity contribution in [2.24, 2.45) is 0 Å². The molecule has 0 aromatic heterocycles. The molecule has 0 bridgehead atoms. The van der Waals surface area contributed by atoms with Crippen molar-refractivity contribution in [1.29, 1.82) is 0 Å². The Bertz CT molecular complexity index is 3100. The second-order valence-electron chi connectivity index (χ2n) is 17.6. The molecule has 0 fully saturated rings. The van der Waals surface area contributed by atoms with Crippen LogP contribution in [0.1, 0.15) is 148 Å². The number of hydrogen-bond acceptors (Lipinski definition) is 5. The number of carboxylic acid groups (broad SMARTS) is 1. The second-order valence-corrected chi connectivity index (χ2v) is 17.6. The minimum absolute atomic E-state index is 0.00168. The van der Waals surface area contributed by atoms with Crippen molar-refractivity contribution in [2.45, 2.75) is 84.2 Å². The number of imide groups is 2. The molecule has 6 aromatic rings. The minimum atomic E-state index is -4.94. The van der Waals surface area contributed by atoms with E-state index in [4.69, 9.17) is 0 Å². The zero-order valence-corrected chi connectivity index (χ0v) is 37.7. The van der Waals surface area contributed by atoms with Crippen LogP contribution in [-0.4, -0.2) is 52.8 Å². The van der Waals surface area contributed by atoms with Crippen LogP contribution in [-0.2, 0) is 36.5 Å². The summed E-state index contributed by atoms with van der Waals surface area (Å²) in [7, 11) is 1.26. The highest BCUT2D eigenvalue weighted by molar-refractivity contribution is 6.35. The quantitative estimate of drug-likeness (QED) is 0.137. The van der Waals surface area contributed by atoms with Crippen LogP contribution in [0.4, 0.5) is 18.9 Å². The molecule has 0 radical (unpaired) electrons. The second kappa shape index (κ2) is 15.5. The fraction of sp³-hybridized carbons (Fsp3) is 0.255. The van der Waals surface area contributed by atoms with E-state index in [1.165, 1.54) is 36.9 Å². The van der Waals surface area contributed by atoms with Crippen LogP contribution in [0.25, 0.3) is 11.1 Å². The first kappa shape index (κ1) is 44.1. The summed E-state index contributed by atoms with van der Waals surface area (Å²) in [5.41, 5.74) is 5.88. The van der Waals surface area contributed by atoms with Gasteiger partial charge in [-0.1, -0.05) is 94.4 Å². The molecule has 4 amide bonds. The number of hydrogen-bond donors (Lipinski definition) is 1. The molecule has 11 heteroatoms. The zero-order chi connectivity index (χ0) is 47.4. The molecule has 2 unspecified atom stereocenters. The van der Waals surface area contributed by atoms with Crippen LogP contribution in [0.5, 0.6) is 0 Å². The minimum Gasteiger partial charge on any atom is -0.478 e. The van der Waals surface area contributed by atoms with Gasteiger partial charge >= 0.3 is 12.1 Å². The first-order valence-corrected chi connectivity index (χ1v) is 22.2. The lowest BCUT2D eigenvalue weighted by atomic mass is 9.65. The standard InChI is InChI=1S/C55H47F3N2O6/c1-8-30-22-37(23-31(9-2)29(30)5)54(45-15-13-12-14-39(45)40-19-16-34(52(65)66)26-46(40)54)38-24-32(10-3)47(33(11-4)25-38)60-50(63)42-21-18-36(28-44(42)51(60)64)53(6,55(56,57)58)35-17-20-41-43(27-35)49(62)59(7)48(41)61/h12-28H,8-11H2,1-7H3,(H,65,66). The summed E-state index contributed by atoms with van der Waals surface area (Å²) < 4.78 is 46.4. The molecule has 2 aliphatic heterocycles. The number of carbonyl (C=O) groups is 5. The van der Waals surface area contributed by atoms with Gasteiger partial charge in [0, 0.05) is 7.05 Å². The first-order chi connectivity index (χ1) is 31.4. The number of halogens is 3. The Kier molecular flexibility index (Phi) is 10.4. The average Bonchev–Trinajstić information content (AvgIpc) is 3.84. The zero-order valence-electron chi connectivity index (χ0n) is 37.7. The Morgan fingerprint density at radius 1 is 0.576 bits per heavy atom. The van der Waals surface area contributed by atoms with E-state index in [1.807, 2.05) is 50.2 Å². The molecular formula is C55H47F3N2O6. The van der Waals surface area contributed by atoms with E-state index in [9.17, 15) is 29.1 Å². The smallest absolute Gasteiger partial charge is 0.402 e. The Morgan fingerprint density at radius 2 is 1.03 bits per heavy atom. The van der Waals surface area contributed by atoms with Gasteiger partial charge in [-0.2, -0.15) is 13.2 Å². The lowest BCUT2D eigenvalue weighted by Crippen LogP contribution is -2.41. The monoisotopic (exact) mass is 888 g/mol. The number of aryl methyl sites for hydroxylation is 4. The predicted molar refractivity (Wildman–Crippen MR) is 246 cm³/mol. The first-order valence-electron chi connectivity index (χ1n) is 22.2. The number of benzene rings is 6. The number of nitrogens with zero attached hydrogens (tertiary/aromatic N) is 2. The topological polar surface area (TPSA) is 112 Å². The van der Waals surface area contributed by atoms with Crippen LogP contribution in [0.15, 0.2) is 103 Å². The third-order valence-electron chi connectivity index (χ3n) is 14.5. The normalized spacial score (nSPS) is 17.2. The Balaban J connectivity index is 1.24. The maximum absolute atomic E-state index is 15.5. The van der Waals surface area contributed by atoms with Crippen LogP contribution in [0.2, 0.25) is 0 Å². The molecule has 3 aliphatic rings. The van der Waals surface area contributed by atoms with Gasteiger partial charge in [-0.15, -0.1) is 0 Å². The van der Waals surface area contributed by atoms with Gasteiger partial charge in [0.15, 0.2) is 0 Å². The number of rotatable bonds is 10. The summed E-state index contributed by atoms with van der Waals surface area (Å²) in [5.74, 6) is -3.84. The molecule has 66 heavy (non-hydrogen) atoms. The van der Waals surface area contributed by atoms with Gasteiger partial charge in [-0.25, -0.2) is 9.69 Å². The lowest BCUT2D eigenvalue weighted by molar-refractivity contribution is -0.173. The number of anilines is 1. The van der Waals surface area contributed by atoms with E-state index in [2.05, 4.69) is 39.0 Å². The summed E-state index contributed by atoms with van der Waals surface area (Å²) in [6.45, 7) is 11.1. The van der Waals surface area contributed by atoms with Gasteiger partial charge in [-0.3, -0.25) is 24.1 Å². The SMILES string of the molecule is CCc1cc(C2(c3cc(CC)c(N4C(=O)c5ccc(C(C)(c6ccc7c(c6)C(=O)N(C)C7=O)C(F)(F)F)cc5C4=O)c(CC)c3)c3ccccc3-c3ccc(C(=O)O)cc32)cc(CC)c1C. The highest BCUT2D eigenvalue weighted by atomic mass is 19.4. The molecule has 0 saturated heterocycles. The summed E-state index contributed by atoms with van der Waals surface area (Å²) in [6.07, 6.45) is -2.68. The molecule has 9 rings (SSSR count). The van der Waals surface area contributed by atoms with Gasteiger partial charge in [-0.05, 0) is 148 Å². The van der Waals surface area contributed by atoms with Gasteiger partial charge in [0.25, 0.3) is 23.6 Å². The third-order valence-corrected chi connectivity index (χ3v) is 14.5. The van der Waals surface area contributed by atoms with E-state index < -0.39 is 46.6 Å². The molecule has 0 saturated carbocycles. The molecule has 2 atom stereocenters. The predicted octanol–water partition coefficient (Wildman–Crippen LogP) is 11.2. The highest BCUT2D eigenvalue weighted by Crippen LogP contribution is 2.58. The van der Waals surface area contributed by atoms with Crippen LogP contribution >= 0.6 is 0 Å². The molecular weight excluding hydrogens is 842 g/mol. The van der Waals surface area contributed by atoms with Crippen LogP contribution in [0, 0.1) is 6.92 Å². The molecule has 2 heterocycles. The van der Waals surface area contributed by atoms with Crippen LogP contribution < -0.4 is 4.90 Å². The van der Waals surface area contributed by atoms with Gasteiger partial charge in [0.05, 0.1) is 38.9 Å². The largest absolute Gasteiger partial charge is 0.478 e. The van der Waals surface area contributed by atoms with Gasteiger partial charge in [0.2, 0.25) is 0 Å². The number of aromatic carboxylic acids is 1. The Labute approximate surface area is 380 Å². The van der Waals surface area contributed by atoms with Crippen molar-refractivity contribution >= 4 is 35.3 Å². The molecule has 1 N–H and O–H groups in total. The number of amides is 4. The number of carbonyl (C=O) groups excluding carboxylic acids is 4. The van der Waals surface area contributed by atoms with E-state index in [1.54, 1.807) is 12.1 Å². The van der Waals surface area contributed by atoms with E-state index in [0.29, 0.717) is 29.7 Å². The molecule has 1 aliphatic carbocycles. The lowest BCUT2D eigenvalue weighted by Gasteiger charge is -2.36. The van der Waals surface area contributed by atoms with Crippen LogP contribution in [0.3, 0.4) is 0 Å². The van der Waals surface area contributed by atoms with E-state index in [0.717, 1.165) is 86.2 Å². The maximum atomic E-state index is 15.5. The summed E-state index contributed by atoms with van der Waals surface area (Å²) in [6, 6.07) is 28.8. The Morgan fingerprint density at radius 3 is 1.56 bits per heavy atom. The van der Waals surface area contributed by atoms with Gasteiger partial charge in [0.1, 0.15) is 5.41 Å². The highest BCUT2D eigenvalue weighted by Gasteiger charge is 2.55. The number of carboxylic acids is 1. The Hall–Kier alpha value is -7.14. The fourth-order valence-electron chi connectivity index (χ4n) is 10.7. The van der Waals surface area contributed by atoms with Crippen molar-refractivity contribution in [3.8, 4) is 11.1 Å². The van der Waals surface area contributed by atoms with Gasteiger partial charge < -0.3 is 5.11 Å². The third kappa shape index (κ3) is 6.01. The maximum Gasteiger partial charge on any atom is 0.402 e. The number of fused-ring (bicyclic) bond motifs is 5. The molecule has 334 valence electrons. The molecule has 0 spiro atoms. The van der Waals surface area contributed by atoms with Crippen molar-refractivity contribution in [2.75, 3.05) is 11.9 Å². The average molecular weight is 889 g/mol. The van der Waals surface area contributed by atoms with E-state index >= 15 is 13.2 Å². The molecule has 6 aromatic carbocycles. The van der Waals surface area contributed by atoms with Crippen molar-refractivity contribution in [3.05, 3.63) is 192 Å². The number of alkyl halides is 3. The summed E-state index contributed by atoms with van der Waals surface area (Å²) in [4.78, 5) is 69.5. The van der Waals surface area contributed by atoms with Crippen molar-refractivity contribution < 1.29 is 42.3 Å². The van der Waals surface area contributed by atoms with Crippen molar-refractivity contribution in [1.82, 2.24) is 4.90 Å². The summed E-state index contributed by atoms with van der Waals surface area (Å²) in [5, 5.41) is 10.4. The van der Waals surface area contributed by atoms with E-state index in [-0.39, 0.29) is 38.9 Å². The fourth-order valence-corrected chi connectivity index (χ4v) is 10.7. The van der Waals surface area contributed by atoms with Crippen molar-refractivity contribution in [3.63, 3.8) is 0 Å².